The maximum absolute atomic E-state index is 13.8. The highest BCUT2D eigenvalue weighted by molar-refractivity contribution is 5.99. The van der Waals surface area contributed by atoms with Gasteiger partial charge >= 0.3 is 0 Å². The molecule has 0 bridgehead atoms. The van der Waals surface area contributed by atoms with Crippen molar-refractivity contribution in [2.24, 2.45) is 0 Å². The van der Waals surface area contributed by atoms with E-state index in [9.17, 15) is 14.0 Å². The minimum absolute atomic E-state index is 0.0635. The molecular weight excluding hydrogens is 383 g/mol. The molecule has 6 heteroatoms. The average molecular weight is 408 g/mol. The van der Waals surface area contributed by atoms with Crippen LogP contribution in [0.25, 0.3) is 11.0 Å². The summed E-state index contributed by atoms with van der Waals surface area (Å²) in [7, 11) is 3.96. The lowest BCUT2D eigenvalue weighted by atomic mass is 9.97. The van der Waals surface area contributed by atoms with Crippen molar-refractivity contribution in [3.63, 3.8) is 0 Å². The van der Waals surface area contributed by atoms with Gasteiger partial charge in [0.25, 0.3) is 5.91 Å². The first-order chi connectivity index (χ1) is 14.4. The van der Waals surface area contributed by atoms with E-state index < -0.39 is 11.9 Å². The molecule has 0 saturated heterocycles. The van der Waals surface area contributed by atoms with Gasteiger partial charge in [-0.1, -0.05) is 31.2 Å². The molecule has 0 aliphatic carbocycles. The number of carbonyl (C=O) groups is 1. The van der Waals surface area contributed by atoms with Crippen molar-refractivity contribution in [1.82, 2.24) is 9.80 Å². The van der Waals surface area contributed by atoms with Crippen LogP contribution in [-0.4, -0.2) is 42.9 Å². The van der Waals surface area contributed by atoms with Gasteiger partial charge in [-0.05, 0) is 62.8 Å². The number of hydrogen-bond donors (Lipinski definition) is 0. The van der Waals surface area contributed by atoms with Gasteiger partial charge in [-0.2, -0.15) is 0 Å². The van der Waals surface area contributed by atoms with E-state index in [1.54, 1.807) is 4.90 Å². The highest BCUT2D eigenvalue weighted by Gasteiger charge is 2.42. The quantitative estimate of drug-likeness (QED) is 0.619. The van der Waals surface area contributed by atoms with Gasteiger partial charge in [-0.15, -0.1) is 0 Å². The monoisotopic (exact) mass is 408 g/mol. The number of fused-ring (bicyclic) bond motifs is 2. The summed E-state index contributed by atoms with van der Waals surface area (Å²) in [4.78, 5) is 30.3. The van der Waals surface area contributed by atoms with Gasteiger partial charge in [-0.25, -0.2) is 4.39 Å². The van der Waals surface area contributed by atoms with E-state index in [2.05, 4.69) is 11.8 Å². The summed E-state index contributed by atoms with van der Waals surface area (Å²) < 4.78 is 19.6. The maximum Gasteiger partial charge on any atom is 0.290 e. The van der Waals surface area contributed by atoms with Crippen molar-refractivity contribution in [3.8, 4) is 0 Å². The zero-order valence-electron chi connectivity index (χ0n) is 17.4. The summed E-state index contributed by atoms with van der Waals surface area (Å²) in [6, 6.07) is 11.2. The first kappa shape index (κ1) is 20.3. The van der Waals surface area contributed by atoms with Crippen LogP contribution in [0.3, 0.4) is 0 Å². The number of hydrogen-bond acceptors (Lipinski definition) is 4. The molecule has 1 aromatic heterocycles. The topological polar surface area (TPSA) is 53.8 Å². The summed E-state index contributed by atoms with van der Waals surface area (Å²) in [5, 5.41) is 0.159. The van der Waals surface area contributed by atoms with Gasteiger partial charge in [0, 0.05) is 6.54 Å². The summed E-state index contributed by atoms with van der Waals surface area (Å²) in [5.74, 6) is -0.740. The van der Waals surface area contributed by atoms with E-state index in [4.69, 9.17) is 4.42 Å². The van der Waals surface area contributed by atoms with E-state index in [0.29, 0.717) is 12.1 Å². The predicted octanol–water partition coefficient (Wildman–Crippen LogP) is 3.99. The molecule has 5 nitrogen and oxygen atoms in total. The Balaban J connectivity index is 1.86. The largest absolute Gasteiger partial charge is 0.450 e. The zero-order valence-corrected chi connectivity index (χ0v) is 17.4. The fraction of sp³-hybridized carbons (Fsp3) is 0.333. The van der Waals surface area contributed by atoms with Crippen molar-refractivity contribution in [1.29, 1.82) is 0 Å². The zero-order chi connectivity index (χ0) is 21.4. The third kappa shape index (κ3) is 3.52. The second-order valence-corrected chi connectivity index (χ2v) is 7.97. The Hall–Kier alpha value is -2.99. The van der Waals surface area contributed by atoms with Crippen LogP contribution < -0.4 is 5.43 Å². The van der Waals surface area contributed by atoms with Crippen molar-refractivity contribution in [2.75, 3.05) is 27.2 Å². The molecular formula is C24H25FN2O3. The summed E-state index contributed by atoms with van der Waals surface area (Å²) in [5.41, 5.74) is 2.21. The highest BCUT2D eigenvalue weighted by Crippen LogP contribution is 2.38. The van der Waals surface area contributed by atoms with Crippen LogP contribution in [0.5, 0.6) is 0 Å². The fourth-order valence-electron chi connectivity index (χ4n) is 4.06. The van der Waals surface area contributed by atoms with Crippen LogP contribution in [0.2, 0.25) is 0 Å². The predicted molar refractivity (Wildman–Crippen MR) is 114 cm³/mol. The van der Waals surface area contributed by atoms with Gasteiger partial charge < -0.3 is 14.2 Å². The first-order valence-corrected chi connectivity index (χ1v) is 10.2. The summed E-state index contributed by atoms with van der Waals surface area (Å²) in [6.45, 7) is 3.38. The van der Waals surface area contributed by atoms with Gasteiger partial charge in [0.2, 0.25) is 5.76 Å². The first-order valence-electron chi connectivity index (χ1n) is 10.2. The Morgan fingerprint density at radius 1 is 1.10 bits per heavy atom. The van der Waals surface area contributed by atoms with Crippen LogP contribution in [0.1, 0.15) is 46.6 Å². The van der Waals surface area contributed by atoms with E-state index in [-0.39, 0.29) is 28.1 Å². The summed E-state index contributed by atoms with van der Waals surface area (Å²) in [6.07, 6.45) is 1.66. The molecule has 4 rings (SSSR count). The number of carbonyl (C=O) groups excluding carboxylic acids is 1. The van der Waals surface area contributed by atoms with E-state index >= 15 is 0 Å². The molecule has 2 heterocycles. The van der Waals surface area contributed by atoms with Crippen LogP contribution in [0, 0.1) is 5.82 Å². The fourth-order valence-corrected chi connectivity index (χ4v) is 4.06. The summed E-state index contributed by atoms with van der Waals surface area (Å²) >= 11 is 0. The van der Waals surface area contributed by atoms with Crippen molar-refractivity contribution in [3.05, 3.63) is 81.0 Å². The minimum atomic E-state index is -0.538. The Bertz CT molecular complexity index is 1150. The highest BCUT2D eigenvalue weighted by atomic mass is 19.1. The second-order valence-electron chi connectivity index (χ2n) is 7.97. The maximum atomic E-state index is 13.8. The molecule has 1 aliphatic heterocycles. The second kappa shape index (κ2) is 8.03. The van der Waals surface area contributed by atoms with Crippen molar-refractivity contribution >= 4 is 16.9 Å². The van der Waals surface area contributed by atoms with Gasteiger partial charge in [-0.3, -0.25) is 9.59 Å². The molecule has 3 aromatic rings. The van der Waals surface area contributed by atoms with Crippen LogP contribution in [0.15, 0.2) is 51.7 Å². The molecule has 2 aromatic carbocycles. The molecule has 0 spiro atoms. The number of halogens is 1. The van der Waals surface area contributed by atoms with Crippen LogP contribution >= 0.6 is 0 Å². The standard InChI is InChI=1S/C24H25FN2O3/c1-4-15-6-8-16(9-7-15)21-20-22(28)18-14-17(25)10-11-19(18)30-23(20)24(29)27(21)13-5-12-26(2)3/h6-11,14,21H,4-5,12-13H2,1-3H3. The number of rotatable bonds is 6. The lowest BCUT2D eigenvalue weighted by molar-refractivity contribution is 0.0722. The Kier molecular flexibility index (Phi) is 5.43. The molecule has 1 amide bonds. The van der Waals surface area contributed by atoms with Crippen LogP contribution in [0.4, 0.5) is 4.39 Å². The molecule has 1 unspecified atom stereocenters. The molecule has 0 N–H and O–H groups in total. The van der Waals surface area contributed by atoms with Gasteiger partial charge in [0.1, 0.15) is 11.4 Å². The molecule has 0 saturated carbocycles. The van der Waals surface area contributed by atoms with Crippen molar-refractivity contribution in [2.45, 2.75) is 25.8 Å². The number of aryl methyl sites for hydroxylation is 1. The normalized spacial score (nSPS) is 16.0. The lowest BCUT2D eigenvalue weighted by Gasteiger charge is -2.26. The van der Waals surface area contributed by atoms with E-state index in [1.165, 1.54) is 23.8 Å². The average Bonchev–Trinajstić information content (AvgIpc) is 3.01. The van der Waals surface area contributed by atoms with E-state index in [1.807, 2.05) is 38.4 Å². The SMILES string of the molecule is CCc1ccc(C2c3c(oc4ccc(F)cc4c3=O)C(=O)N2CCCN(C)C)cc1. The smallest absolute Gasteiger partial charge is 0.290 e. The molecule has 1 aliphatic rings. The molecule has 0 radical (unpaired) electrons. The van der Waals surface area contributed by atoms with Gasteiger partial charge in [0.05, 0.1) is 17.0 Å². The number of amides is 1. The third-order valence-corrected chi connectivity index (χ3v) is 5.64. The Morgan fingerprint density at radius 3 is 2.50 bits per heavy atom. The lowest BCUT2D eigenvalue weighted by Crippen LogP contribution is -2.32. The molecule has 30 heavy (non-hydrogen) atoms. The number of benzene rings is 2. The molecule has 1 atom stereocenters. The van der Waals surface area contributed by atoms with Crippen LogP contribution in [-0.2, 0) is 6.42 Å². The third-order valence-electron chi connectivity index (χ3n) is 5.64. The van der Waals surface area contributed by atoms with E-state index in [0.717, 1.165) is 24.9 Å². The number of nitrogens with zero attached hydrogens (tertiary/aromatic N) is 2. The Morgan fingerprint density at radius 2 is 1.83 bits per heavy atom. The minimum Gasteiger partial charge on any atom is -0.450 e. The van der Waals surface area contributed by atoms with Crippen molar-refractivity contribution < 1.29 is 13.6 Å². The molecule has 0 fully saturated rings. The van der Waals surface area contributed by atoms with Gasteiger partial charge in [0.15, 0.2) is 5.43 Å². The Labute approximate surface area is 174 Å². The molecule has 156 valence electrons.